The second kappa shape index (κ2) is 7.28. The molecule has 6 aromatic rings. The van der Waals surface area contributed by atoms with Crippen molar-refractivity contribution in [3.63, 3.8) is 0 Å². The minimum absolute atomic E-state index is 0.0382. The highest BCUT2D eigenvalue weighted by Gasteiger charge is 2.22. The molecule has 0 atom stereocenters. The van der Waals surface area contributed by atoms with Gasteiger partial charge >= 0.3 is 0 Å². The van der Waals surface area contributed by atoms with E-state index < -0.39 is 0 Å². The molecule has 0 aliphatic rings. The second-order valence-electron chi connectivity index (χ2n) is 9.58. The number of pyridine rings is 2. The molecule has 0 radical (unpaired) electrons. The van der Waals surface area contributed by atoms with Crippen LogP contribution in [0, 0.1) is 0 Å². The Bertz CT molecular complexity index is 1620. The normalized spacial score (nSPS) is 12.1. The van der Waals surface area contributed by atoms with Crippen molar-refractivity contribution in [2.75, 3.05) is 0 Å². The lowest BCUT2D eigenvalue weighted by atomic mass is 9.91. The molecular formula is C30H25N3. The molecule has 0 aliphatic carbocycles. The third kappa shape index (κ3) is 3.12. The quantitative estimate of drug-likeness (QED) is 0.284. The van der Waals surface area contributed by atoms with Crippen molar-refractivity contribution in [2.45, 2.75) is 26.2 Å². The molecule has 0 fully saturated rings. The first kappa shape index (κ1) is 19.7. The number of hydrogen-bond acceptors (Lipinski definition) is 2. The fraction of sp³-hybridized carbons (Fsp3) is 0.133. The maximum absolute atomic E-state index is 5.16. The van der Waals surface area contributed by atoms with E-state index in [0.717, 1.165) is 39.0 Å². The van der Waals surface area contributed by atoms with Crippen LogP contribution in [0.15, 0.2) is 97.2 Å². The lowest BCUT2D eigenvalue weighted by Crippen LogP contribution is -2.13. The van der Waals surface area contributed by atoms with Crippen LogP contribution < -0.4 is 0 Å². The predicted octanol–water partition coefficient (Wildman–Crippen LogP) is 7.67. The molecule has 160 valence electrons. The zero-order valence-electron chi connectivity index (χ0n) is 19.1. The molecule has 6 rings (SSSR count). The Hall–Kier alpha value is -3.98. The minimum atomic E-state index is -0.0382. The topological polar surface area (TPSA) is 30.2 Å². The molecule has 0 aliphatic heterocycles. The van der Waals surface area contributed by atoms with Crippen LogP contribution in [0.3, 0.4) is 0 Å². The van der Waals surface area contributed by atoms with E-state index in [4.69, 9.17) is 9.97 Å². The van der Waals surface area contributed by atoms with Crippen molar-refractivity contribution in [1.82, 2.24) is 14.4 Å². The van der Waals surface area contributed by atoms with E-state index in [1.54, 1.807) is 0 Å². The summed E-state index contributed by atoms with van der Waals surface area (Å²) in [6, 6.07) is 32.0. The molecule has 3 aromatic heterocycles. The van der Waals surface area contributed by atoms with Crippen molar-refractivity contribution in [2.24, 2.45) is 0 Å². The number of imidazole rings is 1. The van der Waals surface area contributed by atoms with Gasteiger partial charge in [-0.2, -0.15) is 0 Å². The standard InChI is InChI=1S/C30H25N3/c1-30(2,3)26-18-24-25(19-31-26)33-28(21-14-8-5-9-15-21)27(20-12-6-4-7-13-20)22-16-10-11-17-23(22)29(33)32-24/h4-19H,1-3H3. The third-order valence-corrected chi connectivity index (χ3v) is 6.32. The van der Waals surface area contributed by atoms with Crippen LogP contribution in [-0.2, 0) is 5.41 Å². The van der Waals surface area contributed by atoms with Crippen LogP contribution in [0.25, 0.3) is 49.8 Å². The summed E-state index contributed by atoms with van der Waals surface area (Å²) in [5.74, 6) is 0. The maximum Gasteiger partial charge on any atom is 0.146 e. The Morgan fingerprint density at radius 1 is 0.697 bits per heavy atom. The van der Waals surface area contributed by atoms with Crippen molar-refractivity contribution in [3.05, 3.63) is 103 Å². The Labute approximate surface area is 193 Å². The summed E-state index contributed by atoms with van der Waals surface area (Å²) in [5, 5.41) is 2.35. The molecule has 0 saturated heterocycles. The van der Waals surface area contributed by atoms with Gasteiger partial charge < -0.3 is 0 Å². The van der Waals surface area contributed by atoms with Gasteiger partial charge in [-0.15, -0.1) is 0 Å². The van der Waals surface area contributed by atoms with Crippen LogP contribution in [0.5, 0.6) is 0 Å². The Balaban J connectivity index is 1.87. The summed E-state index contributed by atoms with van der Waals surface area (Å²) in [5.41, 5.74) is 8.68. The number of rotatable bonds is 2. The smallest absolute Gasteiger partial charge is 0.146 e. The van der Waals surface area contributed by atoms with Gasteiger partial charge in [0.25, 0.3) is 0 Å². The van der Waals surface area contributed by atoms with Crippen molar-refractivity contribution < 1.29 is 0 Å². The Morgan fingerprint density at radius 2 is 1.30 bits per heavy atom. The lowest BCUT2D eigenvalue weighted by molar-refractivity contribution is 0.570. The minimum Gasteiger partial charge on any atom is -0.289 e. The summed E-state index contributed by atoms with van der Waals surface area (Å²) < 4.78 is 2.30. The number of hydrogen-bond donors (Lipinski definition) is 0. The Kier molecular flexibility index (Phi) is 4.34. The zero-order valence-corrected chi connectivity index (χ0v) is 19.1. The van der Waals surface area contributed by atoms with Gasteiger partial charge in [0, 0.05) is 22.1 Å². The second-order valence-corrected chi connectivity index (χ2v) is 9.58. The highest BCUT2D eigenvalue weighted by molar-refractivity contribution is 6.10. The molecule has 0 spiro atoms. The number of aromatic nitrogens is 3. The van der Waals surface area contributed by atoms with Crippen molar-refractivity contribution in [3.8, 4) is 22.4 Å². The highest BCUT2D eigenvalue weighted by atomic mass is 15.0. The molecule has 0 saturated carbocycles. The number of benzene rings is 3. The first-order chi connectivity index (χ1) is 16.0. The van der Waals surface area contributed by atoms with Gasteiger partial charge in [0.2, 0.25) is 0 Å². The molecule has 0 bridgehead atoms. The molecule has 0 N–H and O–H groups in total. The van der Waals surface area contributed by atoms with Gasteiger partial charge in [0.15, 0.2) is 0 Å². The fourth-order valence-electron chi connectivity index (χ4n) is 4.70. The van der Waals surface area contributed by atoms with Crippen LogP contribution >= 0.6 is 0 Å². The monoisotopic (exact) mass is 427 g/mol. The average Bonchev–Trinajstić information content (AvgIpc) is 3.23. The largest absolute Gasteiger partial charge is 0.289 e. The number of nitrogens with zero attached hydrogens (tertiary/aromatic N) is 3. The molecule has 0 amide bonds. The summed E-state index contributed by atoms with van der Waals surface area (Å²) in [7, 11) is 0. The SMILES string of the molecule is CC(C)(C)c1cc2nc3c4ccccc4c(-c4ccccc4)c(-c4ccccc4)n3c2cn1. The van der Waals surface area contributed by atoms with Gasteiger partial charge in [0.05, 0.1) is 22.9 Å². The number of fused-ring (bicyclic) bond motifs is 5. The van der Waals surface area contributed by atoms with E-state index in [1.807, 2.05) is 6.20 Å². The van der Waals surface area contributed by atoms with Crippen LogP contribution in [0.1, 0.15) is 26.5 Å². The van der Waals surface area contributed by atoms with Gasteiger partial charge in [-0.3, -0.25) is 9.38 Å². The first-order valence-electron chi connectivity index (χ1n) is 11.4. The van der Waals surface area contributed by atoms with E-state index in [-0.39, 0.29) is 5.41 Å². The van der Waals surface area contributed by atoms with Crippen molar-refractivity contribution >= 4 is 27.5 Å². The van der Waals surface area contributed by atoms with Crippen molar-refractivity contribution in [1.29, 1.82) is 0 Å². The van der Waals surface area contributed by atoms with E-state index in [2.05, 4.69) is 116 Å². The summed E-state index contributed by atoms with van der Waals surface area (Å²) >= 11 is 0. The van der Waals surface area contributed by atoms with Gasteiger partial charge in [-0.1, -0.05) is 106 Å². The van der Waals surface area contributed by atoms with E-state index in [1.165, 1.54) is 16.5 Å². The van der Waals surface area contributed by atoms with E-state index in [9.17, 15) is 0 Å². The van der Waals surface area contributed by atoms with Crippen LogP contribution in [-0.4, -0.2) is 14.4 Å². The zero-order chi connectivity index (χ0) is 22.6. The molecule has 3 aromatic carbocycles. The predicted molar refractivity (Wildman–Crippen MR) is 138 cm³/mol. The molecule has 3 heteroatoms. The molecule has 33 heavy (non-hydrogen) atoms. The van der Waals surface area contributed by atoms with Crippen LogP contribution in [0.2, 0.25) is 0 Å². The van der Waals surface area contributed by atoms with Gasteiger partial charge in [-0.25, -0.2) is 4.98 Å². The Morgan fingerprint density at radius 3 is 1.97 bits per heavy atom. The van der Waals surface area contributed by atoms with Crippen LogP contribution in [0.4, 0.5) is 0 Å². The summed E-state index contributed by atoms with van der Waals surface area (Å²) in [6.07, 6.45) is 1.99. The fourth-order valence-corrected chi connectivity index (χ4v) is 4.70. The molecular weight excluding hydrogens is 402 g/mol. The van der Waals surface area contributed by atoms with E-state index in [0.29, 0.717) is 0 Å². The van der Waals surface area contributed by atoms with Gasteiger partial charge in [-0.05, 0) is 22.6 Å². The van der Waals surface area contributed by atoms with Gasteiger partial charge in [0.1, 0.15) is 5.65 Å². The summed E-state index contributed by atoms with van der Waals surface area (Å²) in [4.78, 5) is 10.0. The van der Waals surface area contributed by atoms with E-state index >= 15 is 0 Å². The summed E-state index contributed by atoms with van der Waals surface area (Å²) in [6.45, 7) is 6.57. The third-order valence-electron chi connectivity index (χ3n) is 6.32. The highest BCUT2D eigenvalue weighted by Crippen LogP contribution is 2.41. The first-order valence-corrected chi connectivity index (χ1v) is 11.4. The molecule has 3 heterocycles. The molecule has 3 nitrogen and oxygen atoms in total. The lowest BCUT2D eigenvalue weighted by Gasteiger charge is -2.18. The maximum atomic E-state index is 5.16. The molecule has 0 unspecified atom stereocenters. The average molecular weight is 428 g/mol.